The van der Waals surface area contributed by atoms with Crippen LogP contribution in [0.15, 0.2) is 69.9 Å². The first-order chi connectivity index (χ1) is 18.8. The Hall–Kier alpha value is -4.26. The van der Waals surface area contributed by atoms with Crippen molar-refractivity contribution in [3.05, 3.63) is 98.9 Å². The Balaban J connectivity index is 1.62. The Bertz CT molecular complexity index is 1570. The lowest BCUT2D eigenvalue weighted by molar-refractivity contribution is 0.0714. The van der Waals surface area contributed by atoms with Gasteiger partial charge in [0.15, 0.2) is 16.9 Å². The average Bonchev–Trinajstić information content (AvgIpc) is 3.20. The van der Waals surface area contributed by atoms with Crippen LogP contribution in [0.3, 0.4) is 0 Å². The monoisotopic (exact) mass is 527 g/mol. The van der Waals surface area contributed by atoms with Gasteiger partial charge in [-0.15, -0.1) is 0 Å². The van der Waals surface area contributed by atoms with Crippen molar-refractivity contribution in [1.29, 1.82) is 0 Å². The Morgan fingerprint density at radius 1 is 0.923 bits per heavy atom. The summed E-state index contributed by atoms with van der Waals surface area (Å²) < 4.78 is 23.0. The number of nitrogens with zero attached hydrogens (tertiary/aromatic N) is 1. The van der Waals surface area contributed by atoms with Crippen molar-refractivity contribution in [2.45, 2.75) is 39.8 Å². The SMILES string of the molecule is COc1ccc(CN2C(=O)c3oc4ccc(C)cc4c(=O)c3C2c2ccc(OCCC(C)C)c(OC)c2)cc1. The molecule has 0 N–H and O–H groups in total. The van der Waals surface area contributed by atoms with Crippen LogP contribution in [0.25, 0.3) is 11.0 Å². The van der Waals surface area contributed by atoms with Crippen LogP contribution < -0.4 is 19.6 Å². The fourth-order valence-electron chi connectivity index (χ4n) is 4.95. The van der Waals surface area contributed by atoms with Crippen molar-refractivity contribution in [3.63, 3.8) is 0 Å². The molecule has 0 saturated heterocycles. The maximum Gasteiger partial charge on any atom is 0.291 e. The van der Waals surface area contributed by atoms with Gasteiger partial charge in [0.1, 0.15) is 11.3 Å². The second-order valence-corrected chi connectivity index (χ2v) is 10.3. The van der Waals surface area contributed by atoms with Gasteiger partial charge in [-0.3, -0.25) is 9.59 Å². The number of rotatable bonds is 9. The molecule has 202 valence electrons. The van der Waals surface area contributed by atoms with Crippen LogP contribution in [0.5, 0.6) is 17.2 Å². The van der Waals surface area contributed by atoms with Crippen molar-refractivity contribution < 1.29 is 23.4 Å². The standard InChI is InChI=1S/C32H33NO6/c1-19(2)14-15-38-26-13-9-22(17-27(26)37-5)29-28-30(34)24-16-20(3)6-12-25(24)39-31(28)32(35)33(29)18-21-7-10-23(36-4)11-8-21/h6-13,16-17,19,29H,14-15,18H2,1-5H3. The number of fused-ring (bicyclic) bond motifs is 2. The molecule has 2 heterocycles. The van der Waals surface area contributed by atoms with E-state index in [1.54, 1.807) is 31.3 Å². The van der Waals surface area contributed by atoms with E-state index in [2.05, 4.69) is 13.8 Å². The number of benzene rings is 3. The molecule has 1 atom stereocenters. The molecular formula is C32H33NO6. The topological polar surface area (TPSA) is 78.2 Å². The van der Waals surface area contributed by atoms with E-state index in [1.165, 1.54) is 0 Å². The molecule has 1 amide bonds. The largest absolute Gasteiger partial charge is 0.497 e. The number of aryl methyl sites for hydroxylation is 1. The zero-order chi connectivity index (χ0) is 27.7. The lowest BCUT2D eigenvalue weighted by atomic mass is 9.97. The van der Waals surface area contributed by atoms with Gasteiger partial charge in [-0.25, -0.2) is 0 Å². The van der Waals surface area contributed by atoms with E-state index >= 15 is 0 Å². The highest BCUT2D eigenvalue weighted by molar-refractivity contribution is 5.99. The number of hydrogen-bond donors (Lipinski definition) is 0. The third kappa shape index (κ3) is 5.09. The van der Waals surface area contributed by atoms with Crippen LogP contribution >= 0.6 is 0 Å². The van der Waals surface area contributed by atoms with Crippen LogP contribution in [0.4, 0.5) is 0 Å². The number of methoxy groups -OCH3 is 2. The van der Waals surface area contributed by atoms with Gasteiger partial charge in [-0.05, 0) is 66.8 Å². The summed E-state index contributed by atoms with van der Waals surface area (Å²) in [4.78, 5) is 29.4. The Morgan fingerprint density at radius 2 is 1.69 bits per heavy atom. The predicted molar refractivity (Wildman–Crippen MR) is 150 cm³/mol. The first-order valence-corrected chi connectivity index (χ1v) is 13.1. The number of carbonyl (C=O) groups is 1. The van der Waals surface area contributed by atoms with Crippen molar-refractivity contribution in [3.8, 4) is 17.2 Å². The van der Waals surface area contributed by atoms with E-state index in [4.69, 9.17) is 18.6 Å². The van der Waals surface area contributed by atoms with E-state index in [0.717, 1.165) is 28.9 Å². The molecular weight excluding hydrogens is 494 g/mol. The summed E-state index contributed by atoms with van der Waals surface area (Å²) in [5, 5.41) is 0.457. The molecule has 1 unspecified atom stereocenters. The smallest absolute Gasteiger partial charge is 0.291 e. The van der Waals surface area contributed by atoms with Crippen molar-refractivity contribution >= 4 is 16.9 Å². The maximum absolute atomic E-state index is 13.9. The summed E-state index contributed by atoms with van der Waals surface area (Å²) in [7, 11) is 3.20. The third-order valence-electron chi connectivity index (χ3n) is 7.09. The molecule has 0 saturated carbocycles. The minimum absolute atomic E-state index is 0.0751. The molecule has 1 aliphatic heterocycles. The Morgan fingerprint density at radius 3 is 2.38 bits per heavy atom. The first-order valence-electron chi connectivity index (χ1n) is 13.1. The quantitative estimate of drug-likeness (QED) is 0.255. The van der Waals surface area contributed by atoms with Gasteiger partial charge < -0.3 is 23.5 Å². The summed E-state index contributed by atoms with van der Waals surface area (Å²) in [5.41, 5.74) is 3.10. The van der Waals surface area contributed by atoms with Gasteiger partial charge in [0.2, 0.25) is 5.76 Å². The van der Waals surface area contributed by atoms with E-state index in [-0.39, 0.29) is 23.6 Å². The molecule has 7 heteroatoms. The van der Waals surface area contributed by atoms with E-state index in [9.17, 15) is 9.59 Å². The summed E-state index contributed by atoms with van der Waals surface area (Å²) >= 11 is 0. The fraction of sp³-hybridized carbons (Fsp3) is 0.312. The molecule has 0 fully saturated rings. The van der Waals surface area contributed by atoms with E-state index in [0.29, 0.717) is 40.6 Å². The number of hydrogen-bond acceptors (Lipinski definition) is 6. The lowest BCUT2D eigenvalue weighted by Crippen LogP contribution is -2.29. The van der Waals surface area contributed by atoms with Crippen molar-refractivity contribution in [2.75, 3.05) is 20.8 Å². The van der Waals surface area contributed by atoms with Gasteiger partial charge >= 0.3 is 0 Å². The van der Waals surface area contributed by atoms with Crippen molar-refractivity contribution in [2.24, 2.45) is 5.92 Å². The van der Waals surface area contributed by atoms with Crippen LogP contribution in [-0.2, 0) is 6.54 Å². The van der Waals surface area contributed by atoms with Crippen LogP contribution in [0.1, 0.15) is 59.1 Å². The maximum atomic E-state index is 13.9. The molecule has 5 rings (SSSR count). The van der Waals surface area contributed by atoms with E-state index in [1.807, 2.05) is 55.5 Å². The fourth-order valence-corrected chi connectivity index (χ4v) is 4.95. The summed E-state index contributed by atoms with van der Waals surface area (Å²) in [6.45, 7) is 7.06. The van der Waals surface area contributed by atoms with E-state index < -0.39 is 6.04 Å². The average molecular weight is 528 g/mol. The van der Waals surface area contributed by atoms with Gasteiger partial charge in [0.05, 0.1) is 37.8 Å². The zero-order valence-electron chi connectivity index (χ0n) is 22.9. The number of ether oxygens (including phenoxy) is 3. The summed E-state index contributed by atoms with van der Waals surface area (Å²) in [6.07, 6.45) is 0.915. The molecule has 7 nitrogen and oxygen atoms in total. The first kappa shape index (κ1) is 26.4. The van der Waals surface area contributed by atoms with Crippen molar-refractivity contribution in [1.82, 2.24) is 4.90 Å². The molecule has 0 bridgehead atoms. The molecule has 0 spiro atoms. The molecule has 0 aliphatic carbocycles. The number of amides is 1. The Labute approximate surface area is 227 Å². The summed E-state index contributed by atoms with van der Waals surface area (Å²) in [6, 6.07) is 17.9. The molecule has 0 radical (unpaired) electrons. The lowest BCUT2D eigenvalue weighted by Gasteiger charge is -2.26. The number of carbonyl (C=O) groups excluding carboxylic acids is 1. The molecule has 1 aromatic heterocycles. The minimum atomic E-state index is -0.658. The third-order valence-corrected chi connectivity index (χ3v) is 7.09. The van der Waals surface area contributed by atoms with Crippen LogP contribution in [-0.4, -0.2) is 31.6 Å². The molecule has 1 aliphatic rings. The summed E-state index contributed by atoms with van der Waals surface area (Å²) in [5.74, 6) is 2.15. The highest BCUT2D eigenvalue weighted by Crippen LogP contribution is 2.42. The van der Waals surface area contributed by atoms with Gasteiger partial charge in [0, 0.05) is 6.54 Å². The van der Waals surface area contributed by atoms with Gasteiger partial charge in [0.25, 0.3) is 5.91 Å². The normalized spacial score (nSPS) is 14.7. The second-order valence-electron chi connectivity index (χ2n) is 10.3. The van der Waals surface area contributed by atoms with Gasteiger partial charge in [-0.1, -0.05) is 43.7 Å². The van der Waals surface area contributed by atoms with Crippen LogP contribution in [0, 0.1) is 12.8 Å². The Kier molecular flexibility index (Phi) is 7.33. The molecule has 39 heavy (non-hydrogen) atoms. The predicted octanol–water partition coefficient (Wildman–Crippen LogP) is 6.29. The molecule has 4 aromatic rings. The zero-order valence-corrected chi connectivity index (χ0v) is 22.9. The van der Waals surface area contributed by atoms with Gasteiger partial charge in [-0.2, -0.15) is 0 Å². The highest BCUT2D eigenvalue weighted by Gasteiger charge is 2.43. The highest BCUT2D eigenvalue weighted by atomic mass is 16.5. The second kappa shape index (κ2) is 10.8. The molecule has 3 aromatic carbocycles. The minimum Gasteiger partial charge on any atom is -0.497 e. The van der Waals surface area contributed by atoms with Crippen LogP contribution in [0.2, 0.25) is 0 Å².